The van der Waals surface area contributed by atoms with Crippen molar-refractivity contribution in [2.24, 2.45) is 23.2 Å². The van der Waals surface area contributed by atoms with Crippen molar-refractivity contribution in [2.75, 3.05) is 13.1 Å². The average molecular weight is 289 g/mol. The molecule has 3 nitrogen and oxygen atoms in total. The summed E-state index contributed by atoms with van der Waals surface area (Å²) in [5.74, 6) is 2.80. The van der Waals surface area contributed by atoms with Gasteiger partial charge in [-0.3, -0.25) is 4.68 Å². The molecule has 2 atom stereocenters. The second-order valence-electron chi connectivity index (χ2n) is 7.96. The summed E-state index contributed by atoms with van der Waals surface area (Å²) in [6.45, 7) is 12.2. The molecule has 0 spiro atoms. The fourth-order valence-electron chi connectivity index (χ4n) is 4.38. The summed E-state index contributed by atoms with van der Waals surface area (Å²) in [5.41, 5.74) is 3.10. The number of nitrogens with zero attached hydrogens (tertiary/aromatic N) is 2. The number of fused-ring (bicyclic) bond motifs is 1. The van der Waals surface area contributed by atoms with Crippen molar-refractivity contribution in [1.29, 1.82) is 0 Å². The van der Waals surface area contributed by atoms with Crippen LogP contribution in [-0.4, -0.2) is 22.9 Å². The Kier molecular flexibility index (Phi) is 4.13. The zero-order chi connectivity index (χ0) is 15.0. The number of nitrogens with one attached hydrogen (secondary N) is 1. The fraction of sp³-hybridized carbons (Fsp3) is 0.833. The first kappa shape index (κ1) is 15.1. The SMILES string of the molecule is CCn1nc(C)cc1CC1(CNCC(C)C)CC2CC2C1. The first-order chi connectivity index (χ1) is 10.0. The summed E-state index contributed by atoms with van der Waals surface area (Å²) < 4.78 is 2.21. The molecule has 2 fully saturated rings. The van der Waals surface area contributed by atoms with Gasteiger partial charge in [-0.05, 0) is 75.3 Å². The van der Waals surface area contributed by atoms with Crippen LogP contribution in [0.15, 0.2) is 6.07 Å². The van der Waals surface area contributed by atoms with E-state index in [4.69, 9.17) is 0 Å². The van der Waals surface area contributed by atoms with Gasteiger partial charge in [0.15, 0.2) is 0 Å². The molecule has 2 aliphatic rings. The zero-order valence-electron chi connectivity index (χ0n) is 14.2. The Bertz CT molecular complexity index is 479. The fourth-order valence-corrected chi connectivity index (χ4v) is 4.38. The molecule has 21 heavy (non-hydrogen) atoms. The van der Waals surface area contributed by atoms with Crippen molar-refractivity contribution < 1.29 is 0 Å². The third kappa shape index (κ3) is 3.33. The van der Waals surface area contributed by atoms with Gasteiger partial charge < -0.3 is 5.32 Å². The first-order valence-corrected chi connectivity index (χ1v) is 8.75. The van der Waals surface area contributed by atoms with Crippen LogP contribution in [0, 0.1) is 30.1 Å². The smallest absolute Gasteiger partial charge is 0.0596 e. The Morgan fingerprint density at radius 2 is 2.10 bits per heavy atom. The highest BCUT2D eigenvalue weighted by Gasteiger charge is 2.53. The summed E-state index contributed by atoms with van der Waals surface area (Å²) in [5, 5.41) is 8.38. The largest absolute Gasteiger partial charge is 0.316 e. The van der Waals surface area contributed by atoms with Crippen LogP contribution in [0.2, 0.25) is 0 Å². The molecule has 3 rings (SSSR count). The number of aromatic nitrogens is 2. The van der Waals surface area contributed by atoms with Crippen LogP contribution in [-0.2, 0) is 13.0 Å². The summed E-state index contributed by atoms with van der Waals surface area (Å²) in [7, 11) is 0. The lowest BCUT2D eigenvalue weighted by molar-refractivity contribution is 0.239. The minimum absolute atomic E-state index is 0.488. The van der Waals surface area contributed by atoms with E-state index in [1.165, 1.54) is 43.6 Å². The van der Waals surface area contributed by atoms with Crippen LogP contribution in [0.3, 0.4) is 0 Å². The molecule has 3 heteroatoms. The van der Waals surface area contributed by atoms with Crippen LogP contribution >= 0.6 is 0 Å². The highest BCUT2D eigenvalue weighted by Crippen LogP contribution is 2.60. The molecule has 0 radical (unpaired) electrons. The van der Waals surface area contributed by atoms with Crippen LogP contribution in [0.5, 0.6) is 0 Å². The Labute approximate surface area is 129 Å². The third-order valence-corrected chi connectivity index (χ3v) is 5.35. The van der Waals surface area contributed by atoms with Crippen molar-refractivity contribution >= 4 is 0 Å². The van der Waals surface area contributed by atoms with E-state index in [-0.39, 0.29) is 0 Å². The lowest BCUT2D eigenvalue weighted by Crippen LogP contribution is -2.37. The number of aryl methyl sites for hydroxylation is 2. The molecule has 0 amide bonds. The normalized spacial score (nSPS) is 30.9. The van der Waals surface area contributed by atoms with Crippen molar-refractivity contribution in [3.63, 3.8) is 0 Å². The van der Waals surface area contributed by atoms with Crippen LogP contribution in [0.1, 0.15) is 51.4 Å². The molecular weight excluding hydrogens is 258 g/mol. The topological polar surface area (TPSA) is 29.9 Å². The first-order valence-electron chi connectivity index (χ1n) is 8.75. The molecule has 2 unspecified atom stereocenters. The highest BCUT2D eigenvalue weighted by atomic mass is 15.3. The minimum atomic E-state index is 0.488. The Morgan fingerprint density at radius 1 is 1.38 bits per heavy atom. The van der Waals surface area contributed by atoms with E-state index in [1.54, 1.807) is 0 Å². The van der Waals surface area contributed by atoms with E-state index in [0.717, 1.165) is 30.8 Å². The Morgan fingerprint density at radius 3 is 2.71 bits per heavy atom. The van der Waals surface area contributed by atoms with Gasteiger partial charge >= 0.3 is 0 Å². The molecule has 0 bridgehead atoms. The zero-order valence-corrected chi connectivity index (χ0v) is 14.2. The summed E-state index contributed by atoms with van der Waals surface area (Å²) >= 11 is 0. The van der Waals surface area contributed by atoms with Crippen molar-refractivity contribution in [1.82, 2.24) is 15.1 Å². The molecule has 1 N–H and O–H groups in total. The summed E-state index contributed by atoms with van der Waals surface area (Å²) in [6, 6.07) is 2.30. The Hall–Kier alpha value is -0.830. The second-order valence-corrected chi connectivity index (χ2v) is 7.96. The predicted molar refractivity (Wildman–Crippen MR) is 87.3 cm³/mol. The van der Waals surface area contributed by atoms with E-state index in [2.05, 4.69) is 48.9 Å². The maximum Gasteiger partial charge on any atom is 0.0596 e. The third-order valence-electron chi connectivity index (χ3n) is 5.35. The maximum absolute atomic E-state index is 4.64. The average Bonchev–Trinajstić information content (AvgIpc) is 2.87. The highest BCUT2D eigenvalue weighted by molar-refractivity contribution is 5.15. The standard InChI is InChI=1S/C18H31N3/c1-5-21-17(6-14(4)20-21)10-18(12-19-11-13(2)3)8-15-7-16(15)9-18/h6,13,15-16,19H,5,7-12H2,1-4H3. The van der Waals surface area contributed by atoms with Gasteiger partial charge in [0.2, 0.25) is 0 Å². The molecule has 1 aromatic rings. The van der Waals surface area contributed by atoms with Gasteiger partial charge in [0.05, 0.1) is 5.69 Å². The van der Waals surface area contributed by atoms with Gasteiger partial charge in [-0.2, -0.15) is 5.10 Å². The van der Waals surface area contributed by atoms with Crippen molar-refractivity contribution in [2.45, 2.75) is 59.9 Å². The lowest BCUT2D eigenvalue weighted by Gasteiger charge is -2.32. The Balaban J connectivity index is 1.70. The molecule has 2 saturated carbocycles. The van der Waals surface area contributed by atoms with Gasteiger partial charge in [-0.1, -0.05) is 13.8 Å². The van der Waals surface area contributed by atoms with Gasteiger partial charge in [0.25, 0.3) is 0 Å². The molecule has 0 aliphatic heterocycles. The predicted octanol–water partition coefficient (Wildman–Crippen LogP) is 3.42. The van der Waals surface area contributed by atoms with E-state index >= 15 is 0 Å². The molecule has 118 valence electrons. The van der Waals surface area contributed by atoms with Gasteiger partial charge in [-0.25, -0.2) is 0 Å². The number of hydrogen-bond acceptors (Lipinski definition) is 2. The second kappa shape index (κ2) is 5.75. The van der Waals surface area contributed by atoms with E-state index in [1.807, 2.05) is 0 Å². The molecule has 1 aromatic heterocycles. The number of rotatable bonds is 7. The molecule has 0 saturated heterocycles. The monoisotopic (exact) mass is 289 g/mol. The van der Waals surface area contributed by atoms with Crippen LogP contribution in [0.4, 0.5) is 0 Å². The molecule has 1 heterocycles. The van der Waals surface area contributed by atoms with E-state index in [0.29, 0.717) is 5.41 Å². The minimum Gasteiger partial charge on any atom is -0.316 e. The van der Waals surface area contributed by atoms with Gasteiger partial charge in [0, 0.05) is 18.8 Å². The van der Waals surface area contributed by atoms with Gasteiger partial charge in [-0.15, -0.1) is 0 Å². The van der Waals surface area contributed by atoms with Gasteiger partial charge in [0.1, 0.15) is 0 Å². The summed E-state index contributed by atoms with van der Waals surface area (Å²) in [6.07, 6.45) is 5.56. The quantitative estimate of drug-likeness (QED) is 0.833. The molecule has 0 aromatic carbocycles. The lowest BCUT2D eigenvalue weighted by atomic mass is 9.78. The maximum atomic E-state index is 4.64. The van der Waals surface area contributed by atoms with Crippen molar-refractivity contribution in [3.05, 3.63) is 17.5 Å². The van der Waals surface area contributed by atoms with E-state index < -0.39 is 0 Å². The van der Waals surface area contributed by atoms with Crippen molar-refractivity contribution in [3.8, 4) is 0 Å². The molecule has 2 aliphatic carbocycles. The van der Waals surface area contributed by atoms with E-state index in [9.17, 15) is 0 Å². The van der Waals surface area contributed by atoms with Crippen LogP contribution in [0.25, 0.3) is 0 Å². The summed E-state index contributed by atoms with van der Waals surface area (Å²) in [4.78, 5) is 0. The molecular formula is C18H31N3. The number of hydrogen-bond donors (Lipinski definition) is 1. The van der Waals surface area contributed by atoms with Crippen LogP contribution < -0.4 is 5.32 Å².